The van der Waals surface area contributed by atoms with E-state index in [1.54, 1.807) is 58.0 Å². The molecular formula is C17H19N7O3. The third-order valence-corrected chi connectivity index (χ3v) is 3.49. The van der Waals surface area contributed by atoms with Crippen LogP contribution in [-0.2, 0) is 0 Å². The van der Waals surface area contributed by atoms with E-state index in [-0.39, 0.29) is 5.95 Å². The number of methoxy groups -OCH3 is 3. The summed E-state index contributed by atoms with van der Waals surface area (Å²) in [4.78, 5) is 16.5. The smallest absolute Gasteiger partial charge is 0.228 e. The number of rotatable bonds is 7. The molecule has 1 aromatic carbocycles. The molecule has 0 spiro atoms. The van der Waals surface area contributed by atoms with Gasteiger partial charge in [0.1, 0.15) is 11.6 Å². The maximum absolute atomic E-state index is 5.81. The second-order valence-electron chi connectivity index (χ2n) is 5.23. The van der Waals surface area contributed by atoms with E-state index in [1.807, 2.05) is 0 Å². The van der Waals surface area contributed by atoms with Crippen molar-refractivity contribution < 1.29 is 14.2 Å². The molecule has 0 atom stereocenters. The van der Waals surface area contributed by atoms with Gasteiger partial charge in [0.15, 0.2) is 11.5 Å². The van der Waals surface area contributed by atoms with Gasteiger partial charge < -0.3 is 30.6 Å². The number of ether oxygens (including phenoxy) is 3. The summed E-state index contributed by atoms with van der Waals surface area (Å²) >= 11 is 0. The minimum atomic E-state index is 0.0888. The van der Waals surface area contributed by atoms with Crippen LogP contribution >= 0.6 is 0 Å². The Hall–Kier alpha value is -3.82. The topological polar surface area (TPSA) is 129 Å². The summed E-state index contributed by atoms with van der Waals surface area (Å²) in [7, 11) is 4.64. The second-order valence-corrected chi connectivity index (χ2v) is 5.23. The number of anilines is 5. The summed E-state index contributed by atoms with van der Waals surface area (Å²) in [5.41, 5.74) is 6.48. The van der Waals surface area contributed by atoms with Crippen LogP contribution in [0.5, 0.6) is 17.2 Å². The van der Waals surface area contributed by atoms with Gasteiger partial charge in [-0.1, -0.05) is 0 Å². The summed E-state index contributed by atoms with van der Waals surface area (Å²) in [6, 6.07) is 6.91. The maximum Gasteiger partial charge on any atom is 0.228 e. The lowest BCUT2D eigenvalue weighted by Crippen LogP contribution is -2.05. The lowest BCUT2D eigenvalue weighted by atomic mass is 10.2. The fourth-order valence-corrected chi connectivity index (χ4v) is 2.37. The molecule has 0 fully saturated rings. The van der Waals surface area contributed by atoms with Gasteiger partial charge in [-0.05, 0) is 6.07 Å². The Kier molecular flexibility index (Phi) is 5.36. The van der Waals surface area contributed by atoms with Gasteiger partial charge in [-0.3, -0.25) is 0 Å². The normalized spacial score (nSPS) is 10.2. The van der Waals surface area contributed by atoms with Gasteiger partial charge in [-0.2, -0.15) is 9.97 Å². The van der Waals surface area contributed by atoms with Crippen molar-refractivity contribution in [2.24, 2.45) is 0 Å². The summed E-state index contributed by atoms with van der Waals surface area (Å²) in [6.45, 7) is 0. The van der Waals surface area contributed by atoms with Gasteiger partial charge >= 0.3 is 0 Å². The number of hydrogen-bond acceptors (Lipinski definition) is 10. The molecule has 0 aliphatic carbocycles. The van der Waals surface area contributed by atoms with Crippen LogP contribution in [0.3, 0.4) is 0 Å². The average Bonchev–Trinajstić information content (AvgIpc) is 2.67. The lowest BCUT2D eigenvalue weighted by molar-refractivity contribution is 0.324. The molecule has 0 aliphatic heterocycles. The molecule has 10 heteroatoms. The quantitative estimate of drug-likeness (QED) is 0.570. The van der Waals surface area contributed by atoms with Gasteiger partial charge in [0.05, 0.1) is 21.3 Å². The molecule has 140 valence electrons. The van der Waals surface area contributed by atoms with Crippen LogP contribution in [0.15, 0.2) is 36.7 Å². The molecule has 2 heterocycles. The molecule has 3 rings (SSSR count). The van der Waals surface area contributed by atoms with Crippen LogP contribution in [0, 0.1) is 0 Å². The predicted molar refractivity (Wildman–Crippen MR) is 101 cm³/mol. The van der Waals surface area contributed by atoms with Crippen LogP contribution < -0.4 is 30.6 Å². The van der Waals surface area contributed by atoms with Crippen molar-refractivity contribution in [2.75, 3.05) is 37.7 Å². The first-order chi connectivity index (χ1) is 13.1. The second kappa shape index (κ2) is 8.04. The zero-order valence-electron chi connectivity index (χ0n) is 15.1. The highest BCUT2D eigenvalue weighted by molar-refractivity contribution is 5.68. The maximum atomic E-state index is 5.81. The standard InChI is InChI=1S/C17H19N7O3/c1-25-11-7-10(8-12(26-2)15(11)27-3)21-13-9-14(23-16(18)22-13)24-17-19-5-4-6-20-17/h4-9H,1-3H3,(H4,18,19,20,21,22,23,24). The van der Waals surface area contributed by atoms with Gasteiger partial charge in [0.25, 0.3) is 0 Å². The fraction of sp³-hybridized carbons (Fsp3) is 0.176. The molecular weight excluding hydrogens is 350 g/mol. The zero-order chi connectivity index (χ0) is 19.2. The van der Waals surface area contributed by atoms with E-state index in [4.69, 9.17) is 19.9 Å². The van der Waals surface area contributed by atoms with E-state index >= 15 is 0 Å². The molecule has 2 aromatic heterocycles. The molecule has 0 saturated carbocycles. The number of benzene rings is 1. The van der Waals surface area contributed by atoms with E-state index in [2.05, 4.69) is 30.6 Å². The minimum absolute atomic E-state index is 0.0888. The third kappa shape index (κ3) is 4.24. The van der Waals surface area contributed by atoms with Crippen LogP contribution in [0.1, 0.15) is 0 Å². The molecule has 0 saturated heterocycles. The Labute approximate surface area is 155 Å². The summed E-state index contributed by atoms with van der Waals surface area (Å²) in [5.74, 6) is 2.92. The first-order valence-electron chi connectivity index (χ1n) is 7.88. The number of nitrogens with two attached hydrogens (primary N) is 1. The average molecular weight is 369 g/mol. The SMILES string of the molecule is COc1cc(Nc2cc(Nc3ncccn3)nc(N)n2)cc(OC)c1OC. The molecule has 0 aliphatic rings. The molecule has 0 radical (unpaired) electrons. The Morgan fingerprint density at radius 3 is 1.96 bits per heavy atom. The first kappa shape index (κ1) is 18.0. The monoisotopic (exact) mass is 369 g/mol. The van der Waals surface area contributed by atoms with E-state index in [9.17, 15) is 0 Å². The van der Waals surface area contributed by atoms with Crippen LogP contribution in [0.25, 0.3) is 0 Å². The van der Waals surface area contributed by atoms with Crippen LogP contribution in [-0.4, -0.2) is 41.3 Å². The van der Waals surface area contributed by atoms with Gasteiger partial charge in [0, 0.05) is 36.3 Å². The van der Waals surface area contributed by atoms with Crippen molar-refractivity contribution in [3.8, 4) is 17.2 Å². The van der Waals surface area contributed by atoms with Crippen molar-refractivity contribution in [3.63, 3.8) is 0 Å². The number of nitrogens with one attached hydrogen (secondary N) is 2. The number of hydrogen-bond donors (Lipinski definition) is 3. The molecule has 3 aromatic rings. The van der Waals surface area contributed by atoms with Gasteiger partial charge in [0.2, 0.25) is 17.6 Å². The van der Waals surface area contributed by atoms with Gasteiger partial charge in [-0.25, -0.2) is 9.97 Å². The van der Waals surface area contributed by atoms with E-state index < -0.39 is 0 Å². The zero-order valence-corrected chi connectivity index (χ0v) is 15.1. The molecule has 0 unspecified atom stereocenters. The van der Waals surface area contributed by atoms with Crippen molar-refractivity contribution in [1.29, 1.82) is 0 Å². The van der Waals surface area contributed by atoms with E-state index in [0.717, 1.165) is 0 Å². The Bertz CT molecular complexity index is 897. The Morgan fingerprint density at radius 2 is 1.41 bits per heavy atom. The molecule has 10 nitrogen and oxygen atoms in total. The summed E-state index contributed by atoms with van der Waals surface area (Å²) in [5, 5.41) is 6.12. The summed E-state index contributed by atoms with van der Waals surface area (Å²) in [6.07, 6.45) is 3.24. The van der Waals surface area contributed by atoms with Gasteiger partial charge in [-0.15, -0.1) is 0 Å². The fourth-order valence-electron chi connectivity index (χ4n) is 2.37. The Morgan fingerprint density at radius 1 is 0.815 bits per heavy atom. The largest absolute Gasteiger partial charge is 0.493 e. The Balaban J connectivity index is 1.89. The van der Waals surface area contributed by atoms with Crippen molar-refractivity contribution in [3.05, 3.63) is 36.7 Å². The molecule has 27 heavy (non-hydrogen) atoms. The van der Waals surface area contributed by atoms with Crippen molar-refractivity contribution in [1.82, 2.24) is 19.9 Å². The van der Waals surface area contributed by atoms with Crippen LogP contribution in [0.4, 0.5) is 29.2 Å². The molecule has 0 amide bonds. The third-order valence-electron chi connectivity index (χ3n) is 3.49. The summed E-state index contributed by atoms with van der Waals surface area (Å²) < 4.78 is 16.0. The van der Waals surface area contributed by atoms with Crippen LogP contribution in [0.2, 0.25) is 0 Å². The minimum Gasteiger partial charge on any atom is -0.493 e. The lowest BCUT2D eigenvalue weighted by Gasteiger charge is -2.15. The van der Waals surface area contributed by atoms with Crippen molar-refractivity contribution >= 4 is 29.2 Å². The number of nitrogen functional groups attached to an aromatic ring is 1. The first-order valence-corrected chi connectivity index (χ1v) is 7.88. The molecule has 4 N–H and O–H groups in total. The highest BCUT2D eigenvalue weighted by Gasteiger charge is 2.14. The number of aromatic nitrogens is 4. The van der Waals surface area contributed by atoms with E-state index in [0.29, 0.717) is 40.5 Å². The van der Waals surface area contributed by atoms with Crippen molar-refractivity contribution in [2.45, 2.75) is 0 Å². The molecule has 0 bridgehead atoms. The highest BCUT2D eigenvalue weighted by Crippen LogP contribution is 2.40. The highest BCUT2D eigenvalue weighted by atomic mass is 16.5. The van der Waals surface area contributed by atoms with E-state index in [1.165, 1.54) is 0 Å². The number of nitrogens with zero attached hydrogens (tertiary/aromatic N) is 4. The predicted octanol–water partition coefficient (Wildman–Crippen LogP) is 2.36.